The van der Waals surface area contributed by atoms with Crippen LogP contribution in [0, 0.1) is 18.3 Å². The molecule has 1 aromatic rings. The van der Waals surface area contributed by atoms with E-state index >= 15 is 0 Å². The molecule has 0 saturated carbocycles. The maximum Gasteiger partial charge on any atom is 0.142 e. The SMILES string of the molecule is CSCCNc1c(C#N)c(C)nn1C. The number of anilines is 1. The van der Waals surface area contributed by atoms with E-state index in [9.17, 15) is 0 Å². The minimum Gasteiger partial charge on any atom is -0.368 e. The van der Waals surface area contributed by atoms with Gasteiger partial charge in [-0.1, -0.05) is 0 Å². The van der Waals surface area contributed by atoms with Crippen molar-refractivity contribution >= 4 is 17.6 Å². The predicted octanol–water partition coefficient (Wildman–Crippen LogP) is 1.38. The van der Waals surface area contributed by atoms with E-state index in [2.05, 4.69) is 22.7 Å². The van der Waals surface area contributed by atoms with E-state index in [-0.39, 0.29) is 0 Å². The molecule has 0 spiro atoms. The number of nitriles is 1. The highest BCUT2D eigenvalue weighted by Crippen LogP contribution is 2.16. The molecule has 1 N–H and O–H groups in total. The number of rotatable bonds is 4. The van der Waals surface area contributed by atoms with Gasteiger partial charge in [-0.3, -0.25) is 4.68 Å². The van der Waals surface area contributed by atoms with Gasteiger partial charge in [-0.2, -0.15) is 22.1 Å². The number of aryl methyl sites for hydroxylation is 2. The third kappa shape index (κ3) is 2.20. The van der Waals surface area contributed by atoms with Crippen LogP contribution in [-0.4, -0.2) is 28.3 Å². The number of hydrogen-bond acceptors (Lipinski definition) is 4. The van der Waals surface area contributed by atoms with Gasteiger partial charge in [-0.25, -0.2) is 0 Å². The first-order chi connectivity index (χ1) is 6.70. The molecule has 1 aromatic heterocycles. The third-order valence-electron chi connectivity index (χ3n) is 1.93. The highest BCUT2D eigenvalue weighted by molar-refractivity contribution is 7.98. The van der Waals surface area contributed by atoms with E-state index in [1.54, 1.807) is 16.4 Å². The fourth-order valence-corrected chi connectivity index (χ4v) is 1.57. The Balaban J connectivity index is 2.80. The molecule has 0 atom stereocenters. The summed E-state index contributed by atoms with van der Waals surface area (Å²) in [7, 11) is 1.84. The van der Waals surface area contributed by atoms with Crippen molar-refractivity contribution in [3.63, 3.8) is 0 Å². The van der Waals surface area contributed by atoms with Crippen molar-refractivity contribution in [2.45, 2.75) is 6.92 Å². The zero-order valence-electron chi connectivity index (χ0n) is 8.66. The van der Waals surface area contributed by atoms with Gasteiger partial charge in [-0.05, 0) is 13.2 Å². The minimum atomic E-state index is 0.647. The second-order valence-electron chi connectivity index (χ2n) is 2.96. The molecule has 0 aliphatic carbocycles. The first kappa shape index (κ1) is 10.9. The average Bonchev–Trinajstić information content (AvgIpc) is 2.42. The van der Waals surface area contributed by atoms with E-state index in [4.69, 9.17) is 5.26 Å². The third-order valence-corrected chi connectivity index (χ3v) is 2.55. The highest BCUT2D eigenvalue weighted by atomic mass is 32.2. The molecule has 0 saturated heterocycles. The molecule has 4 nitrogen and oxygen atoms in total. The molecule has 76 valence electrons. The van der Waals surface area contributed by atoms with Gasteiger partial charge in [0.05, 0.1) is 5.69 Å². The molecule has 0 aliphatic heterocycles. The minimum absolute atomic E-state index is 0.647. The van der Waals surface area contributed by atoms with Crippen molar-refractivity contribution in [2.24, 2.45) is 7.05 Å². The zero-order chi connectivity index (χ0) is 10.6. The van der Waals surface area contributed by atoms with Crippen LogP contribution in [-0.2, 0) is 7.05 Å². The van der Waals surface area contributed by atoms with Crippen LogP contribution in [0.2, 0.25) is 0 Å². The second kappa shape index (κ2) is 4.91. The number of nitrogens with zero attached hydrogens (tertiary/aromatic N) is 3. The van der Waals surface area contributed by atoms with Crippen LogP contribution in [0.3, 0.4) is 0 Å². The Hall–Kier alpha value is -1.15. The fourth-order valence-electron chi connectivity index (χ4n) is 1.27. The van der Waals surface area contributed by atoms with Crippen LogP contribution in [0.25, 0.3) is 0 Å². The number of thioether (sulfide) groups is 1. The van der Waals surface area contributed by atoms with Gasteiger partial charge in [0, 0.05) is 19.3 Å². The number of nitrogens with one attached hydrogen (secondary N) is 1. The van der Waals surface area contributed by atoms with Crippen LogP contribution in [0.1, 0.15) is 11.3 Å². The molecular weight excluding hydrogens is 196 g/mol. The topological polar surface area (TPSA) is 53.6 Å². The molecule has 0 radical (unpaired) electrons. The molecule has 1 heterocycles. The van der Waals surface area contributed by atoms with Gasteiger partial charge >= 0.3 is 0 Å². The normalized spacial score (nSPS) is 9.86. The summed E-state index contributed by atoms with van der Waals surface area (Å²) < 4.78 is 1.72. The average molecular weight is 210 g/mol. The van der Waals surface area contributed by atoms with Gasteiger partial charge in [0.2, 0.25) is 0 Å². The summed E-state index contributed by atoms with van der Waals surface area (Å²) in [5.41, 5.74) is 1.43. The van der Waals surface area contributed by atoms with Crippen LogP contribution < -0.4 is 5.32 Å². The van der Waals surface area contributed by atoms with Crippen molar-refractivity contribution in [1.82, 2.24) is 9.78 Å². The Morgan fingerprint density at radius 2 is 2.36 bits per heavy atom. The van der Waals surface area contributed by atoms with E-state index in [1.165, 1.54) is 0 Å². The molecule has 0 bridgehead atoms. The van der Waals surface area contributed by atoms with E-state index < -0.39 is 0 Å². The molecule has 0 fully saturated rings. The monoisotopic (exact) mass is 210 g/mol. The lowest BCUT2D eigenvalue weighted by molar-refractivity contribution is 0.760. The van der Waals surface area contributed by atoms with Gasteiger partial charge in [0.15, 0.2) is 0 Å². The first-order valence-corrected chi connectivity index (χ1v) is 5.76. The Morgan fingerprint density at radius 1 is 1.64 bits per heavy atom. The van der Waals surface area contributed by atoms with Crippen molar-refractivity contribution < 1.29 is 0 Å². The largest absolute Gasteiger partial charge is 0.368 e. The van der Waals surface area contributed by atoms with Crippen LogP contribution >= 0.6 is 11.8 Å². The predicted molar refractivity (Wildman–Crippen MR) is 59.5 cm³/mol. The summed E-state index contributed by atoms with van der Waals surface area (Å²) in [6, 6.07) is 2.16. The quantitative estimate of drug-likeness (QED) is 0.763. The Labute approximate surface area is 88.3 Å². The van der Waals surface area contributed by atoms with E-state index in [1.807, 2.05) is 14.0 Å². The van der Waals surface area contributed by atoms with E-state index in [0.717, 1.165) is 23.8 Å². The lowest BCUT2D eigenvalue weighted by Crippen LogP contribution is -2.08. The summed E-state index contributed by atoms with van der Waals surface area (Å²) in [5.74, 6) is 1.84. The van der Waals surface area contributed by atoms with Crippen molar-refractivity contribution in [1.29, 1.82) is 5.26 Å². The maximum atomic E-state index is 8.92. The molecule has 0 aromatic carbocycles. The lowest BCUT2D eigenvalue weighted by Gasteiger charge is -2.05. The number of hydrogen-bond donors (Lipinski definition) is 1. The van der Waals surface area contributed by atoms with Crippen LogP contribution in [0.15, 0.2) is 0 Å². The summed E-state index contributed by atoms with van der Waals surface area (Å²) >= 11 is 1.77. The van der Waals surface area contributed by atoms with Gasteiger partial charge in [0.1, 0.15) is 17.5 Å². The standard InChI is InChI=1S/C9H14N4S/c1-7-8(6-10)9(13(2)12-7)11-4-5-14-3/h11H,4-5H2,1-3H3. The summed E-state index contributed by atoms with van der Waals surface area (Å²) in [6.45, 7) is 2.70. The summed E-state index contributed by atoms with van der Waals surface area (Å²) in [6.07, 6.45) is 2.06. The van der Waals surface area contributed by atoms with Gasteiger partial charge in [0.25, 0.3) is 0 Å². The molecule has 14 heavy (non-hydrogen) atoms. The summed E-state index contributed by atoms with van der Waals surface area (Å²) in [4.78, 5) is 0. The Bertz CT molecular complexity index is 350. The second-order valence-corrected chi connectivity index (χ2v) is 3.95. The van der Waals surface area contributed by atoms with Gasteiger partial charge < -0.3 is 5.32 Å². The molecular formula is C9H14N4S. The molecule has 5 heteroatoms. The molecule has 0 aliphatic rings. The van der Waals surface area contributed by atoms with Crippen LogP contribution in [0.4, 0.5) is 5.82 Å². The lowest BCUT2D eigenvalue weighted by atomic mass is 10.2. The van der Waals surface area contributed by atoms with E-state index in [0.29, 0.717) is 5.56 Å². The number of aromatic nitrogens is 2. The summed E-state index contributed by atoms with van der Waals surface area (Å²) in [5, 5.41) is 16.3. The molecule has 0 amide bonds. The molecule has 1 rings (SSSR count). The van der Waals surface area contributed by atoms with Crippen LogP contribution in [0.5, 0.6) is 0 Å². The first-order valence-electron chi connectivity index (χ1n) is 4.37. The fraction of sp³-hybridized carbons (Fsp3) is 0.556. The highest BCUT2D eigenvalue weighted by Gasteiger charge is 2.11. The van der Waals surface area contributed by atoms with Crippen molar-refractivity contribution in [2.75, 3.05) is 23.9 Å². The smallest absolute Gasteiger partial charge is 0.142 e. The zero-order valence-corrected chi connectivity index (χ0v) is 9.48. The molecule has 0 unspecified atom stereocenters. The maximum absolute atomic E-state index is 8.92. The van der Waals surface area contributed by atoms with Crippen molar-refractivity contribution in [3.05, 3.63) is 11.3 Å². The van der Waals surface area contributed by atoms with Gasteiger partial charge in [-0.15, -0.1) is 0 Å². The van der Waals surface area contributed by atoms with Crippen molar-refractivity contribution in [3.8, 4) is 6.07 Å². The Kier molecular flexibility index (Phi) is 3.84. The Morgan fingerprint density at radius 3 is 2.93 bits per heavy atom.